The molecule has 1 heterocycles. The van der Waals surface area contributed by atoms with E-state index in [4.69, 9.17) is 5.11 Å². The number of carboxylic acids is 1. The third kappa shape index (κ3) is 4.92. The Morgan fingerprint density at radius 3 is 2.78 bits per heavy atom. The van der Waals surface area contributed by atoms with Gasteiger partial charge in [-0.2, -0.15) is 0 Å². The lowest BCUT2D eigenvalue weighted by Gasteiger charge is -2.38. The molecular weight excluding hydrogens is 230 g/mol. The molecule has 1 rings (SSSR count). The topological polar surface area (TPSA) is 55.8 Å². The Labute approximate surface area is 110 Å². The van der Waals surface area contributed by atoms with Crippen LogP contribution in [0.5, 0.6) is 0 Å². The van der Waals surface area contributed by atoms with Crippen molar-refractivity contribution >= 4 is 5.97 Å². The van der Waals surface area contributed by atoms with Gasteiger partial charge in [0.15, 0.2) is 0 Å². The molecule has 5 heteroatoms. The molecule has 2 atom stereocenters. The molecule has 0 aromatic rings. The Balaban J connectivity index is 2.34. The highest BCUT2D eigenvalue weighted by Crippen LogP contribution is 2.09. The minimum Gasteiger partial charge on any atom is -0.480 e. The first kappa shape index (κ1) is 15.4. The summed E-state index contributed by atoms with van der Waals surface area (Å²) in [5, 5.41) is 12.2. The summed E-state index contributed by atoms with van der Waals surface area (Å²) in [5.41, 5.74) is 0. The summed E-state index contributed by atoms with van der Waals surface area (Å²) in [6, 6.07) is 0.112. The Morgan fingerprint density at radius 1 is 1.50 bits per heavy atom. The molecule has 0 bridgehead atoms. The Morgan fingerprint density at radius 2 is 2.22 bits per heavy atom. The van der Waals surface area contributed by atoms with Gasteiger partial charge in [-0.15, -0.1) is 0 Å². The van der Waals surface area contributed by atoms with Crippen molar-refractivity contribution in [3.05, 3.63) is 0 Å². The van der Waals surface area contributed by atoms with E-state index in [1.54, 1.807) is 0 Å². The van der Waals surface area contributed by atoms with Crippen molar-refractivity contribution in [2.24, 2.45) is 0 Å². The normalized spacial score (nSPS) is 24.1. The SMILES string of the molecule is CCCNC(CCN1CCN(C)CC1C)C(=O)O. The zero-order valence-corrected chi connectivity index (χ0v) is 11.9. The zero-order valence-electron chi connectivity index (χ0n) is 11.9. The molecule has 0 aromatic heterocycles. The highest BCUT2D eigenvalue weighted by molar-refractivity contribution is 5.73. The van der Waals surface area contributed by atoms with E-state index in [1.807, 2.05) is 0 Å². The first-order valence-corrected chi connectivity index (χ1v) is 6.93. The second kappa shape index (κ2) is 7.71. The van der Waals surface area contributed by atoms with Crippen LogP contribution >= 0.6 is 0 Å². The fourth-order valence-electron chi connectivity index (χ4n) is 2.44. The number of carboxylic acid groups (broad SMARTS) is 1. The maximum absolute atomic E-state index is 11.1. The number of rotatable bonds is 7. The van der Waals surface area contributed by atoms with Crippen molar-refractivity contribution in [1.82, 2.24) is 15.1 Å². The van der Waals surface area contributed by atoms with Crippen LogP contribution in [-0.2, 0) is 4.79 Å². The number of piperazine rings is 1. The van der Waals surface area contributed by atoms with Crippen LogP contribution in [0.4, 0.5) is 0 Å². The van der Waals surface area contributed by atoms with E-state index >= 15 is 0 Å². The van der Waals surface area contributed by atoms with Crippen molar-refractivity contribution in [2.45, 2.75) is 38.8 Å². The molecular formula is C13H27N3O2. The van der Waals surface area contributed by atoms with E-state index in [1.165, 1.54) is 0 Å². The van der Waals surface area contributed by atoms with Crippen molar-refractivity contribution in [3.8, 4) is 0 Å². The number of nitrogens with zero attached hydrogens (tertiary/aromatic N) is 2. The molecule has 2 N–H and O–H groups in total. The molecule has 0 spiro atoms. The van der Waals surface area contributed by atoms with Crippen LogP contribution in [0, 0.1) is 0 Å². The van der Waals surface area contributed by atoms with Crippen molar-refractivity contribution in [2.75, 3.05) is 39.8 Å². The standard InChI is InChI=1S/C13H27N3O2/c1-4-6-14-12(13(17)18)5-7-16-9-8-15(3)10-11(16)2/h11-12,14H,4-10H2,1-3H3,(H,17,18). The van der Waals surface area contributed by atoms with Crippen LogP contribution in [0.25, 0.3) is 0 Å². The quantitative estimate of drug-likeness (QED) is 0.694. The number of hydrogen-bond donors (Lipinski definition) is 2. The Hall–Kier alpha value is -0.650. The largest absolute Gasteiger partial charge is 0.480 e. The minimum atomic E-state index is -0.731. The predicted octanol–water partition coefficient (Wildman–Crippen LogP) is 0.465. The third-order valence-corrected chi connectivity index (χ3v) is 3.61. The summed E-state index contributed by atoms with van der Waals surface area (Å²) in [6.45, 7) is 9.08. The predicted molar refractivity (Wildman–Crippen MR) is 72.9 cm³/mol. The average Bonchev–Trinajstić information content (AvgIpc) is 2.31. The van der Waals surface area contributed by atoms with Gasteiger partial charge in [-0.25, -0.2) is 0 Å². The molecule has 18 heavy (non-hydrogen) atoms. The summed E-state index contributed by atoms with van der Waals surface area (Å²) in [5.74, 6) is -0.731. The van der Waals surface area contributed by atoms with Crippen LogP contribution in [0.15, 0.2) is 0 Å². The molecule has 0 amide bonds. The summed E-state index contributed by atoms with van der Waals surface area (Å²) >= 11 is 0. The Bertz CT molecular complexity index is 261. The first-order valence-electron chi connectivity index (χ1n) is 6.93. The third-order valence-electron chi connectivity index (χ3n) is 3.61. The van der Waals surface area contributed by atoms with Gasteiger partial charge in [0.25, 0.3) is 0 Å². The number of aliphatic carboxylic acids is 1. The molecule has 106 valence electrons. The molecule has 1 fully saturated rings. The van der Waals surface area contributed by atoms with E-state index in [-0.39, 0.29) is 0 Å². The van der Waals surface area contributed by atoms with Gasteiger partial charge in [-0.1, -0.05) is 6.92 Å². The number of nitrogens with one attached hydrogen (secondary N) is 1. The van der Waals surface area contributed by atoms with E-state index in [0.29, 0.717) is 12.5 Å². The summed E-state index contributed by atoms with van der Waals surface area (Å²) in [4.78, 5) is 15.8. The maximum atomic E-state index is 11.1. The number of hydrogen-bond acceptors (Lipinski definition) is 4. The number of carbonyl (C=O) groups is 1. The van der Waals surface area contributed by atoms with Gasteiger partial charge in [-0.05, 0) is 33.4 Å². The van der Waals surface area contributed by atoms with Crippen molar-refractivity contribution in [3.63, 3.8) is 0 Å². The molecule has 0 saturated carbocycles. The highest BCUT2D eigenvalue weighted by Gasteiger charge is 2.23. The zero-order chi connectivity index (χ0) is 13.5. The summed E-state index contributed by atoms with van der Waals surface area (Å²) in [6.07, 6.45) is 1.65. The number of likely N-dealkylation sites (N-methyl/N-ethyl adjacent to an activating group) is 1. The van der Waals surface area contributed by atoms with Crippen LogP contribution in [-0.4, -0.2) is 72.7 Å². The molecule has 0 aliphatic carbocycles. The van der Waals surface area contributed by atoms with Crippen molar-refractivity contribution < 1.29 is 9.90 Å². The molecule has 0 radical (unpaired) electrons. The van der Waals surface area contributed by atoms with Crippen LogP contribution in [0.3, 0.4) is 0 Å². The molecule has 5 nitrogen and oxygen atoms in total. The molecule has 1 saturated heterocycles. The van der Waals surface area contributed by atoms with E-state index in [2.05, 4.69) is 36.0 Å². The fourth-order valence-corrected chi connectivity index (χ4v) is 2.44. The van der Waals surface area contributed by atoms with Crippen LogP contribution in [0.1, 0.15) is 26.7 Å². The van der Waals surface area contributed by atoms with Gasteiger partial charge < -0.3 is 15.3 Å². The molecule has 1 aliphatic rings. The molecule has 1 aliphatic heterocycles. The summed E-state index contributed by atoms with van der Waals surface area (Å²) in [7, 11) is 2.14. The average molecular weight is 257 g/mol. The maximum Gasteiger partial charge on any atom is 0.320 e. The summed E-state index contributed by atoms with van der Waals surface area (Å²) < 4.78 is 0. The first-order chi connectivity index (χ1) is 8.54. The molecule has 0 aromatic carbocycles. The van der Waals surface area contributed by atoms with Gasteiger partial charge >= 0.3 is 5.97 Å². The van der Waals surface area contributed by atoms with E-state index in [9.17, 15) is 4.79 Å². The lowest BCUT2D eigenvalue weighted by molar-refractivity contribution is -0.139. The van der Waals surface area contributed by atoms with Gasteiger partial charge in [0, 0.05) is 32.2 Å². The van der Waals surface area contributed by atoms with Crippen molar-refractivity contribution in [1.29, 1.82) is 0 Å². The van der Waals surface area contributed by atoms with Gasteiger partial charge in [0.1, 0.15) is 6.04 Å². The fraction of sp³-hybridized carbons (Fsp3) is 0.923. The molecule has 2 unspecified atom stereocenters. The lowest BCUT2D eigenvalue weighted by Crippen LogP contribution is -2.51. The van der Waals surface area contributed by atoms with Crippen LogP contribution in [0.2, 0.25) is 0 Å². The van der Waals surface area contributed by atoms with Crippen LogP contribution < -0.4 is 5.32 Å². The smallest absolute Gasteiger partial charge is 0.320 e. The monoisotopic (exact) mass is 257 g/mol. The van der Waals surface area contributed by atoms with E-state index in [0.717, 1.165) is 39.1 Å². The van der Waals surface area contributed by atoms with Gasteiger partial charge in [0.2, 0.25) is 0 Å². The highest BCUT2D eigenvalue weighted by atomic mass is 16.4. The second-order valence-electron chi connectivity index (χ2n) is 5.28. The van der Waals surface area contributed by atoms with E-state index < -0.39 is 12.0 Å². The van der Waals surface area contributed by atoms with Gasteiger partial charge in [0.05, 0.1) is 0 Å². The minimum absolute atomic E-state index is 0.406. The van der Waals surface area contributed by atoms with Gasteiger partial charge in [-0.3, -0.25) is 9.69 Å². The Kier molecular flexibility index (Phi) is 6.60. The second-order valence-corrected chi connectivity index (χ2v) is 5.28. The lowest BCUT2D eigenvalue weighted by atomic mass is 10.1.